The Morgan fingerprint density at radius 3 is 1.73 bits per heavy atom. The number of rotatable bonds is 7. The third-order valence-corrected chi connectivity index (χ3v) is 1.86. The van der Waals surface area contributed by atoms with Gasteiger partial charge in [0.05, 0.1) is 13.2 Å². The van der Waals surface area contributed by atoms with Crippen molar-refractivity contribution >= 4 is 11.8 Å². The van der Waals surface area contributed by atoms with Gasteiger partial charge in [-0.15, -0.1) is 0 Å². The lowest BCUT2D eigenvalue weighted by atomic mass is 10.0. The maximum Gasteiger partial charge on any atom is 0.232 e. The minimum Gasteiger partial charge on any atom is -0.395 e. The summed E-state index contributed by atoms with van der Waals surface area (Å²) >= 11 is 0. The molecule has 0 atom stereocenters. The molecule has 0 unspecified atom stereocenters. The van der Waals surface area contributed by atoms with Crippen LogP contribution < -0.4 is 10.6 Å². The molecular weight excluding hydrogens is 200 g/mol. The lowest BCUT2D eigenvalue weighted by molar-refractivity contribution is -0.135. The highest BCUT2D eigenvalue weighted by Gasteiger charge is 2.23. The average molecular weight is 218 g/mol. The molecule has 2 amide bonds. The Labute approximate surface area is 88.7 Å². The van der Waals surface area contributed by atoms with Crippen molar-refractivity contribution in [2.75, 3.05) is 26.3 Å². The van der Waals surface area contributed by atoms with Gasteiger partial charge in [-0.3, -0.25) is 9.59 Å². The highest BCUT2D eigenvalue weighted by atomic mass is 16.3. The number of hydrogen-bond donors (Lipinski definition) is 4. The van der Waals surface area contributed by atoms with E-state index < -0.39 is 17.7 Å². The van der Waals surface area contributed by atoms with E-state index in [0.717, 1.165) is 0 Å². The van der Waals surface area contributed by atoms with Gasteiger partial charge in [0.1, 0.15) is 5.92 Å². The molecule has 0 fully saturated rings. The van der Waals surface area contributed by atoms with Crippen LogP contribution in [0.2, 0.25) is 0 Å². The van der Waals surface area contributed by atoms with Gasteiger partial charge in [-0.05, 0) is 6.42 Å². The summed E-state index contributed by atoms with van der Waals surface area (Å²) in [6.07, 6.45) is 0.383. The van der Waals surface area contributed by atoms with E-state index in [-0.39, 0.29) is 26.3 Å². The van der Waals surface area contributed by atoms with Gasteiger partial charge in [-0.2, -0.15) is 0 Å². The molecule has 0 aromatic heterocycles. The first-order valence-corrected chi connectivity index (χ1v) is 4.94. The Hall–Kier alpha value is -1.14. The van der Waals surface area contributed by atoms with Crippen LogP contribution in [0.1, 0.15) is 13.3 Å². The normalized spacial score (nSPS) is 10.1. The highest BCUT2D eigenvalue weighted by Crippen LogP contribution is 2.02. The van der Waals surface area contributed by atoms with Crippen LogP contribution in [0.25, 0.3) is 0 Å². The summed E-state index contributed by atoms with van der Waals surface area (Å²) in [6, 6.07) is 0. The second kappa shape index (κ2) is 8.19. The second-order valence-electron chi connectivity index (χ2n) is 2.99. The monoisotopic (exact) mass is 218 g/mol. The molecule has 0 saturated heterocycles. The van der Waals surface area contributed by atoms with Crippen molar-refractivity contribution < 1.29 is 19.8 Å². The molecule has 15 heavy (non-hydrogen) atoms. The summed E-state index contributed by atoms with van der Waals surface area (Å²) in [7, 11) is 0. The van der Waals surface area contributed by atoms with Crippen molar-refractivity contribution in [2.45, 2.75) is 13.3 Å². The maximum atomic E-state index is 11.4. The lowest BCUT2D eigenvalue weighted by Crippen LogP contribution is -2.42. The van der Waals surface area contributed by atoms with Crippen LogP contribution in [-0.2, 0) is 9.59 Å². The first kappa shape index (κ1) is 13.9. The summed E-state index contributed by atoms with van der Waals surface area (Å²) in [4.78, 5) is 22.8. The first-order chi connectivity index (χ1) is 7.17. The SMILES string of the molecule is CCC(C(=O)NCCO)C(=O)NCCO. The van der Waals surface area contributed by atoms with Crippen LogP contribution in [0.5, 0.6) is 0 Å². The standard InChI is InChI=1S/C9H18N2O4/c1-2-7(8(14)10-3-5-12)9(15)11-4-6-13/h7,12-13H,2-6H2,1H3,(H,10,14)(H,11,15). The molecular formula is C9H18N2O4. The maximum absolute atomic E-state index is 11.4. The van der Waals surface area contributed by atoms with Gasteiger partial charge in [-0.25, -0.2) is 0 Å². The summed E-state index contributed by atoms with van der Waals surface area (Å²) < 4.78 is 0. The van der Waals surface area contributed by atoms with Crippen molar-refractivity contribution in [1.82, 2.24) is 10.6 Å². The first-order valence-electron chi connectivity index (χ1n) is 4.94. The fourth-order valence-corrected chi connectivity index (χ4v) is 1.09. The fourth-order valence-electron chi connectivity index (χ4n) is 1.09. The van der Waals surface area contributed by atoms with E-state index in [2.05, 4.69) is 10.6 Å². The van der Waals surface area contributed by atoms with Crippen molar-refractivity contribution in [3.8, 4) is 0 Å². The van der Waals surface area contributed by atoms with Crippen LogP contribution in [0.15, 0.2) is 0 Å². The molecule has 0 bridgehead atoms. The summed E-state index contributed by atoms with van der Waals surface area (Å²) in [5, 5.41) is 21.9. The number of carbonyl (C=O) groups is 2. The Kier molecular flexibility index (Phi) is 7.57. The van der Waals surface area contributed by atoms with Crippen LogP contribution in [0.4, 0.5) is 0 Å². The molecule has 0 aliphatic heterocycles. The molecule has 0 spiro atoms. The zero-order valence-corrected chi connectivity index (χ0v) is 8.82. The molecule has 0 aromatic carbocycles. The van der Waals surface area contributed by atoms with E-state index in [4.69, 9.17) is 10.2 Å². The molecule has 0 radical (unpaired) electrons. The van der Waals surface area contributed by atoms with Crippen LogP contribution in [0.3, 0.4) is 0 Å². The molecule has 0 heterocycles. The molecule has 0 rings (SSSR count). The smallest absolute Gasteiger partial charge is 0.232 e. The summed E-state index contributed by atoms with van der Waals surface area (Å²) in [6.45, 7) is 1.70. The quantitative estimate of drug-likeness (QED) is 0.380. The Morgan fingerprint density at radius 1 is 1.07 bits per heavy atom. The molecule has 0 saturated carbocycles. The topological polar surface area (TPSA) is 98.7 Å². The van der Waals surface area contributed by atoms with E-state index in [1.165, 1.54) is 0 Å². The molecule has 6 heteroatoms. The number of nitrogens with one attached hydrogen (secondary N) is 2. The molecule has 0 aliphatic carbocycles. The Bertz CT molecular complexity index is 188. The molecule has 4 N–H and O–H groups in total. The van der Waals surface area contributed by atoms with E-state index >= 15 is 0 Å². The molecule has 0 aliphatic rings. The minimum absolute atomic E-state index is 0.141. The third-order valence-electron chi connectivity index (χ3n) is 1.86. The van der Waals surface area contributed by atoms with Crippen molar-refractivity contribution in [1.29, 1.82) is 0 Å². The minimum atomic E-state index is -0.761. The second-order valence-corrected chi connectivity index (χ2v) is 2.99. The predicted octanol–water partition coefficient (Wildman–Crippen LogP) is -1.77. The molecule has 6 nitrogen and oxygen atoms in total. The lowest BCUT2D eigenvalue weighted by Gasteiger charge is -2.13. The van der Waals surface area contributed by atoms with E-state index in [9.17, 15) is 9.59 Å². The van der Waals surface area contributed by atoms with E-state index in [0.29, 0.717) is 6.42 Å². The van der Waals surface area contributed by atoms with Gasteiger partial charge >= 0.3 is 0 Å². The number of hydrogen-bond acceptors (Lipinski definition) is 4. The molecule has 0 aromatic rings. The van der Waals surface area contributed by atoms with Crippen LogP contribution in [-0.4, -0.2) is 48.3 Å². The van der Waals surface area contributed by atoms with Crippen molar-refractivity contribution in [3.05, 3.63) is 0 Å². The van der Waals surface area contributed by atoms with Crippen molar-refractivity contribution in [2.24, 2.45) is 5.92 Å². The number of aliphatic hydroxyl groups is 2. The van der Waals surface area contributed by atoms with Gasteiger partial charge in [0.2, 0.25) is 11.8 Å². The third kappa shape index (κ3) is 5.34. The number of aliphatic hydroxyl groups excluding tert-OH is 2. The van der Waals surface area contributed by atoms with Gasteiger partial charge in [-0.1, -0.05) is 6.92 Å². The van der Waals surface area contributed by atoms with Crippen LogP contribution in [0, 0.1) is 5.92 Å². The fraction of sp³-hybridized carbons (Fsp3) is 0.778. The average Bonchev–Trinajstić information content (AvgIpc) is 2.24. The predicted molar refractivity (Wildman–Crippen MR) is 54.0 cm³/mol. The van der Waals surface area contributed by atoms with Gasteiger partial charge in [0.15, 0.2) is 0 Å². The zero-order valence-electron chi connectivity index (χ0n) is 8.82. The van der Waals surface area contributed by atoms with E-state index in [1.807, 2.05) is 0 Å². The van der Waals surface area contributed by atoms with Gasteiger partial charge in [0, 0.05) is 13.1 Å². The largest absolute Gasteiger partial charge is 0.395 e. The summed E-state index contributed by atoms with van der Waals surface area (Å²) in [5.74, 6) is -1.56. The number of amides is 2. The number of carbonyl (C=O) groups excluding carboxylic acids is 2. The summed E-state index contributed by atoms with van der Waals surface area (Å²) in [5.41, 5.74) is 0. The highest BCUT2D eigenvalue weighted by molar-refractivity contribution is 6.00. The van der Waals surface area contributed by atoms with Crippen molar-refractivity contribution in [3.63, 3.8) is 0 Å². The van der Waals surface area contributed by atoms with Crippen LogP contribution >= 0.6 is 0 Å². The van der Waals surface area contributed by atoms with E-state index in [1.54, 1.807) is 6.92 Å². The molecule has 88 valence electrons. The Morgan fingerprint density at radius 2 is 1.47 bits per heavy atom. The van der Waals surface area contributed by atoms with Gasteiger partial charge < -0.3 is 20.8 Å². The van der Waals surface area contributed by atoms with Gasteiger partial charge in [0.25, 0.3) is 0 Å². The Balaban J connectivity index is 4.09. The zero-order chi connectivity index (χ0) is 11.7.